The molecule has 1 amide bonds. The van der Waals surface area contributed by atoms with Crippen molar-refractivity contribution in [2.24, 2.45) is 0 Å². The van der Waals surface area contributed by atoms with Crippen LogP contribution in [0.2, 0.25) is 0 Å². The van der Waals surface area contributed by atoms with Crippen molar-refractivity contribution in [2.45, 2.75) is 25.4 Å². The van der Waals surface area contributed by atoms with Crippen LogP contribution >= 0.6 is 0 Å². The molecule has 2 aliphatic heterocycles. The first-order valence-electron chi connectivity index (χ1n) is 10.8. The lowest BCUT2D eigenvalue weighted by Gasteiger charge is -2.31. The van der Waals surface area contributed by atoms with Crippen LogP contribution in [0.3, 0.4) is 0 Å². The van der Waals surface area contributed by atoms with Crippen molar-refractivity contribution >= 4 is 17.4 Å². The molecule has 0 aliphatic carbocycles. The maximum Gasteiger partial charge on any atom is 0.417 e. The molecule has 172 valence electrons. The standard InChI is InChI=1S/C23H27F3N4O2/c1-32-19-6-7-20-17(14-19)4-2-11-30(20)22(31)16-28-9-3-10-29(13-12-28)21-8-5-18(15-27-21)23(24,25)26/h5-8,14-15H,2-4,9-13,16H2,1H3. The van der Waals surface area contributed by atoms with Gasteiger partial charge in [-0.05, 0) is 55.2 Å². The largest absolute Gasteiger partial charge is 0.497 e. The van der Waals surface area contributed by atoms with Crippen LogP contribution in [0.1, 0.15) is 24.0 Å². The minimum Gasteiger partial charge on any atom is -0.497 e. The van der Waals surface area contributed by atoms with Gasteiger partial charge in [0.25, 0.3) is 0 Å². The summed E-state index contributed by atoms with van der Waals surface area (Å²) in [4.78, 5) is 23.1. The zero-order valence-electron chi connectivity index (χ0n) is 18.1. The van der Waals surface area contributed by atoms with Crippen LogP contribution in [-0.4, -0.2) is 62.2 Å². The number of hydrogen-bond donors (Lipinski definition) is 0. The average Bonchev–Trinajstić information content (AvgIpc) is 3.03. The van der Waals surface area contributed by atoms with Gasteiger partial charge in [-0.15, -0.1) is 0 Å². The average molecular weight is 448 g/mol. The number of methoxy groups -OCH3 is 1. The van der Waals surface area contributed by atoms with Gasteiger partial charge in [0.1, 0.15) is 11.6 Å². The number of pyridine rings is 1. The zero-order chi connectivity index (χ0) is 22.7. The normalized spacial score (nSPS) is 17.6. The number of anilines is 2. The molecule has 1 aromatic carbocycles. The molecule has 0 spiro atoms. The summed E-state index contributed by atoms with van der Waals surface area (Å²) < 4.78 is 43.6. The molecule has 0 unspecified atom stereocenters. The summed E-state index contributed by atoms with van der Waals surface area (Å²) in [5, 5.41) is 0. The van der Waals surface area contributed by atoms with E-state index in [2.05, 4.69) is 9.88 Å². The number of ether oxygens (including phenoxy) is 1. The molecule has 2 aliphatic rings. The number of rotatable bonds is 4. The van der Waals surface area contributed by atoms with Crippen molar-refractivity contribution in [1.82, 2.24) is 9.88 Å². The third-order valence-electron chi connectivity index (χ3n) is 6.05. The Morgan fingerprint density at radius 2 is 1.91 bits per heavy atom. The Kier molecular flexibility index (Phi) is 6.55. The van der Waals surface area contributed by atoms with Crippen molar-refractivity contribution in [3.8, 4) is 5.75 Å². The van der Waals surface area contributed by atoms with E-state index in [1.54, 1.807) is 7.11 Å². The first-order valence-corrected chi connectivity index (χ1v) is 10.8. The number of aryl methyl sites for hydroxylation is 1. The van der Waals surface area contributed by atoms with Crippen LogP contribution < -0.4 is 14.5 Å². The highest BCUT2D eigenvalue weighted by Gasteiger charge is 2.31. The van der Waals surface area contributed by atoms with Gasteiger partial charge >= 0.3 is 6.18 Å². The second-order valence-corrected chi connectivity index (χ2v) is 8.16. The van der Waals surface area contributed by atoms with E-state index in [0.717, 1.165) is 55.1 Å². The monoisotopic (exact) mass is 448 g/mol. The lowest BCUT2D eigenvalue weighted by atomic mass is 10.0. The van der Waals surface area contributed by atoms with Gasteiger partial charge in [-0.1, -0.05) is 0 Å². The van der Waals surface area contributed by atoms with Crippen LogP contribution in [0, 0.1) is 0 Å². The molecule has 9 heteroatoms. The predicted molar refractivity (Wildman–Crippen MR) is 116 cm³/mol. The Hall–Kier alpha value is -2.81. The van der Waals surface area contributed by atoms with Crippen molar-refractivity contribution < 1.29 is 22.7 Å². The SMILES string of the molecule is COc1ccc2c(c1)CCCN2C(=O)CN1CCCN(c2ccc(C(F)(F)F)cn2)CC1. The van der Waals surface area contributed by atoms with Gasteiger partial charge in [0.05, 0.1) is 19.2 Å². The molecule has 6 nitrogen and oxygen atoms in total. The fourth-order valence-electron chi connectivity index (χ4n) is 4.34. The Balaban J connectivity index is 1.37. The molecule has 1 saturated heterocycles. The highest BCUT2D eigenvalue weighted by atomic mass is 19.4. The number of amides is 1. The van der Waals surface area contributed by atoms with Gasteiger partial charge in [0.15, 0.2) is 0 Å². The predicted octanol–water partition coefficient (Wildman–Crippen LogP) is 3.60. The Bertz CT molecular complexity index is 949. The minimum atomic E-state index is -4.39. The summed E-state index contributed by atoms with van der Waals surface area (Å²) in [6.45, 7) is 3.73. The van der Waals surface area contributed by atoms with Crippen molar-refractivity contribution in [3.05, 3.63) is 47.7 Å². The van der Waals surface area contributed by atoms with E-state index in [0.29, 0.717) is 38.5 Å². The van der Waals surface area contributed by atoms with E-state index >= 15 is 0 Å². The van der Waals surface area contributed by atoms with Crippen molar-refractivity contribution in [3.63, 3.8) is 0 Å². The van der Waals surface area contributed by atoms with E-state index < -0.39 is 11.7 Å². The Morgan fingerprint density at radius 1 is 1.06 bits per heavy atom. The molecule has 1 aromatic heterocycles. The second-order valence-electron chi connectivity index (χ2n) is 8.16. The number of halogens is 3. The van der Waals surface area contributed by atoms with E-state index in [1.165, 1.54) is 6.07 Å². The molecule has 1 fully saturated rings. The number of alkyl halides is 3. The molecule has 0 N–H and O–H groups in total. The number of fused-ring (bicyclic) bond motifs is 1. The quantitative estimate of drug-likeness (QED) is 0.716. The van der Waals surface area contributed by atoms with Gasteiger partial charge in [-0.3, -0.25) is 9.69 Å². The lowest BCUT2D eigenvalue weighted by Crippen LogP contribution is -2.43. The fourth-order valence-corrected chi connectivity index (χ4v) is 4.34. The summed E-state index contributed by atoms with van der Waals surface area (Å²) in [6.07, 6.45) is -0.859. The molecule has 32 heavy (non-hydrogen) atoms. The number of carbonyl (C=O) groups excluding carboxylic acids is 1. The molecule has 0 radical (unpaired) electrons. The first-order chi connectivity index (χ1) is 15.3. The zero-order valence-corrected chi connectivity index (χ0v) is 18.1. The fraction of sp³-hybridized carbons (Fsp3) is 0.478. The Labute approximate surface area is 185 Å². The summed E-state index contributed by atoms with van der Waals surface area (Å²) in [5.74, 6) is 1.39. The lowest BCUT2D eigenvalue weighted by molar-refractivity contribution is -0.137. The number of nitrogens with zero attached hydrogens (tertiary/aromatic N) is 4. The number of aromatic nitrogens is 1. The molecule has 0 atom stereocenters. The minimum absolute atomic E-state index is 0.0669. The van der Waals surface area contributed by atoms with Crippen LogP contribution in [0.15, 0.2) is 36.5 Å². The molecule has 3 heterocycles. The molecular formula is C23H27F3N4O2. The number of hydrogen-bond acceptors (Lipinski definition) is 5. The summed E-state index contributed by atoms with van der Waals surface area (Å²) >= 11 is 0. The van der Waals surface area contributed by atoms with Crippen LogP contribution in [0.5, 0.6) is 5.75 Å². The highest BCUT2D eigenvalue weighted by Crippen LogP contribution is 2.31. The maximum absolute atomic E-state index is 13.1. The third-order valence-corrected chi connectivity index (χ3v) is 6.05. The van der Waals surface area contributed by atoms with Gasteiger partial charge < -0.3 is 14.5 Å². The topological polar surface area (TPSA) is 48.9 Å². The van der Waals surface area contributed by atoms with Gasteiger partial charge in [-0.25, -0.2) is 4.98 Å². The molecule has 2 aromatic rings. The molecule has 0 saturated carbocycles. The van der Waals surface area contributed by atoms with E-state index in [9.17, 15) is 18.0 Å². The summed E-state index contributed by atoms with van der Waals surface area (Å²) in [6, 6.07) is 8.31. The number of benzene rings is 1. The van der Waals surface area contributed by atoms with E-state index in [4.69, 9.17) is 4.74 Å². The highest BCUT2D eigenvalue weighted by molar-refractivity contribution is 5.96. The molecule has 4 rings (SSSR count). The second kappa shape index (κ2) is 9.36. The van der Waals surface area contributed by atoms with Gasteiger partial charge in [0, 0.05) is 44.6 Å². The first kappa shape index (κ1) is 22.4. The summed E-state index contributed by atoms with van der Waals surface area (Å²) in [5.41, 5.74) is 1.33. The van der Waals surface area contributed by atoms with Gasteiger partial charge in [0.2, 0.25) is 5.91 Å². The molecular weight excluding hydrogens is 421 g/mol. The molecule has 0 bridgehead atoms. The van der Waals surface area contributed by atoms with E-state index in [-0.39, 0.29) is 5.91 Å². The van der Waals surface area contributed by atoms with Gasteiger partial charge in [-0.2, -0.15) is 13.2 Å². The van der Waals surface area contributed by atoms with Crippen LogP contribution in [-0.2, 0) is 17.4 Å². The van der Waals surface area contributed by atoms with Crippen LogP contribution in [0.25, 0.3) is 0 Å². The van der Waals surface area contributed by atoms with Crippen molar-refractivity contribution in [2.75, 3.05) is 56.2 Å². The maximum atomic E-state index is 13.1. The smallest absolute Gasteiger partial charge is 0.417 e. The Morgan fingerprint density at radius 3 is 2.62 bits per heavy atom. The van der Waals surface area contributed by atoms with Crippen molar-refractivity contribution in [1.29, 1.82) is 0 Å². The summed E-state index contributed by atoms with van der Waals surface area (Å²) in [7, 11) is 1.64. The third kappa shape index (κ3) is 4.98. The number of carbonyl (C=O) groups is 1. The van der Waals surface area contributed by atoms with E-state index in [1.807, 2.05) is 28.0 Å². The van der Waals surface area contributed by atoms with Crippen LogP contribution in [0.4, 0.5) is 24.7 Å².